The molecule has 0 unspecified atom stereocenters. The van der Waals surface area contributed by atoms with E-state index in [0.29, 0.717) is 19.8 Å². The fraction of sp³-hybridized carbons (Fsp3) is 0.615. The maximum atomic E-state index is 11.2. The number of carbonyl (C=O) groups excluding carboxylic acids is 3. The Bertz CT molecular complexity index is 376. The summed E-state index contributed by atoms with van der Waals surface area (Å²) in [5, 5.41) is 0. The molecular weight excluding hydrogens is 282 g/mol. The zero-order valence-electron chi connectivity index (χ0n) is 11.9. The zero-order valence-corrected chi connectivity index (χ0v) is 11.9. The number of rotatable bonds is 11. The van der Waals surface area contributed by atoms with Gasteiger partial charge in [-0.1, -0.05) is 0 Å². The second kappa shape index (κ2) is 10.0. The van der Waals surface area contributed by atoms with Crippen LogP contribution in [0.3, 0.4) is 0 Å². The van der Waals surface area contributed by atoms with Crippen molar-refractivity contribution in [2.75, 3.05) is 53.3 Å². The molecule has 0 N–H and O–H groups in total. The number of nitrogens with zero attached hydrogens (tertiary/aromatic N) is 1. The van der Waals surface area contributed by atoms with E-state index in [4.69, 9.17) is 14.2 Å². The first kappa shape index (κ1) is 17.3. The molecule has 8 nitrogen and oxygen atoms in total. The standard InChI is InChI=1S/C13H19NO7/c1-18-13(17)10-21-9-8-20-7-6-19-5-4-14-11(15)2-3-12(14)16/h2-3H,4-10H2,1H3. The van der Waals surface area contributed by atoms with Crippen LogP contribution in [0.1, 0.15) is 0 Å². The number of methoxy groups -OCH3 is 1. The van der Waals surface area contributed by atoms with Crippen LogP contribution in [0.2, 0.25) is 0 Å². The van der Waals surface area contributed by atoms with E-state index in [0.717, 1.165) is 4.90 Å². The predicted octanol–water partition coefficient (Wildman–Crippen LogP) is -0.866. The minimum atomic E-state index is -0.432. The summed E-state index contributed by atoms with van der Waals surface area (Å²) in [5.74, 6) is -1.07. The van der Waals surface area contributed by atoms with Crippen LogP contribution in [-0.4, -0.2) is 76.0 Å². The van der Waals surface area contributed by atoms with Crippen LogP contribution < -0.4 is 0 Å². The Morgan fingerprint density at radius 1 is 0.952 bits per heavy atom. The van der Waals surface area contributed by atoms with E-state index in [9.17, 15) is 14.4 Å². The number of esters is 1. The molecule has 1 aliphatic rings. The van der Waals surface area contributed by atoms with Gasteiger partial charge < -0.3 is 18.9 Å². The SMILES string of the molecule is COC(=O)COCCOCCOCCN1C(=O)C=CC1=O. The van der Waals surface area contributed by atoms with E-state index in [-0.39, 0.29) is 38.2 Å². The van der Waals surface area contributed by atoms with Crippen molar-refractivity contribution in [1.82, 2.24) is 4.90 Å². The topological polar surface area (TPSA) is 91.4 Å². The maximum Gasteiger partial charge on any atom is 0.331 e. The molecule has 1 heterocycles. The maximum absolute atomic E-state index is 11.2. The van der Waals surface area contributed by atoms with E-state index < -0.39 is 5.97 Å². The van der Waals surface area contributed by atoms with Gasteiger partial charge in [-0.3, -0.25) is 14.5 Å². The highest BCUT2D eigenvalue weighted by Gasteiger charge is 2.22. The molecule has 0 atom stereocenters. The van der Waals surface area contributed by atoms with Crippen molar-refractivity contribution >= 4 is 17.8 Å². The van der Waals surface area contributed by atoms with Gasteiger partial charge in [0.1, 0.15) is 6.61 Å². The molecule has 0 bridgehead atoms. The molecule has 1 rings (SSSR count). The molecule has 0 aromatic rings. The molecule has 0 aromatic carbocycles. The monoisotopic (exact) mass is 301 g/mol. The largest absolute Gasteiger partial charge is 0.467 e. The van der Waals surface area contributed by atoms with Crippen LogP contribution in [0.15, 0.2) is 12.2 Å². The van der Waals surface area contributed by atoms with Crippen molar-refractivity contribution in [3.05, 3.63) is 12.2 Å². The predicted molar refractivity (Wildman–Crippen MR) is 70.3 cm³/mol. The molecule has 0 saturated carbocycles. The highest BCUT2D eigenvalue weighted by molar-refractivity contribution is 6.12. The summed E-state index contributed by atoms with van der Waals surface area (Å²) < 4.78 is 19.8. The fourth-order valence-electron chi connectivity index (χ4n) is 1.46. The van der Waals surface area contributed by atoms with Gasteiger partial charge in [-0.25, -0.2) is 4.79 Å². The Morgan fingerprint density at radius 2 is 1.48 bits per heavy atom. The molecule has 0 saturated heterocycles. The van der Waals surface area contributed by atoms with Crippen LogP contribution in [0, 0.1) is 0 Å². The second-order valence-corrected chi connectivity index (χ2v) is 4.01. The number of amides is 2. The number of carbonyl (C=O) groups is 3. The molecule has 2 amide bonds. The zero-order chi connectivity index (χ0) is 15.5. The van der Waals surface area contributed by atoms with Crippen LogP contribution >= 0.6 is 0 Å². The Kier molecular flexibility index (Phi) is 8.25. The second-order valence-electron chi connectivity index (χ2n) is 4.01. The normalized spacial score (nSPS) is 14.0. The highest BCUT2D eigenvalue weighted by Crippen LogP contribution is 2.02. The summed E-state index contributed by atoms with van der Waals surface area (Å²) in [7, 11) is 1.29. The Labute approximate surface area is 122 Å². The van der Waals surface area contributed by atoms with Gasteiger partial charge >= 0.3 is 5.97 Å². The van der Waals surface area contributed by atoms with Gasteiger partial charge in [-0.15, -0.1) is 0 Å². The van der Waals surface area contributed by atoms with Crippen molar-refractivity contribution in [3.63, 3.8) is 0 Å². The lowest BCUT2D eigenvalue weighted by molar-refractivity contribution is -0.146. The molecule has 0 fully saturated rings. The first-order valence-electron chi connectivity index (χ1n) is 6.48. The third-order valence-electron chi connectivity index (χ3n) is 2.55. The Hall–Kier alpha value is -1.77. The van der Waals surface area contributed by atoms with Gasteiger partial charge in [0.25, 0.3) is 11.8 Å². The fourth-order valence-corrected chi connectivity index (χ4v) is 1.46. The molecule has 0 aromatic heterocycles. The van der Waals surface area contributed by atoms with Crippen LogP contribution in [0.4, 0.5) is 0 Å². The van der Waals surface area contributed by atoms with Crippen LogP contribution in [-0.2, 0) is 33.3 Å². The van der Waals surface area contributed by atoms with E-state index in [1.54, 1.807) is 0 Å². The van der Waals surface area contributed by atoms with Crippen molar-refractivity contribution in [2.45, 2.75) is 0 Å². The molecule has 118 valence electrons. The minimum absolute atomic E-state index is 0.0950. The summed E-state index contributed by atoms with van der Waals surface area (Å²) in [6, 6.07) is 0. The number of ether oxygens (including phenoxy) is 4. The summed E-state index contributed by atoms with van der Waals surface area (Å²) in [6.07, 6.45) is 2.47. The summed E-state index contributed by atoms with van der Waals surface area (Å²) in [6.45, 7) is 1.74. The molecule has 1 aliphatic heterocycles. The number of hydrogen-bond acceptors (Lipinski definition) is 7. The number of imide groups is 1. The summed E-state index contributed by atoms with van der Waals surface area (Å²) in [5.41, 5.74) is 0. The quantitative estimate of drug-likeness (QED) is 0.278. The van der Waals surface area contributed by atoms with E-state index >= 15 is 0 Å². The van der Waals surface area contributed by atoms with Crippen molar-refractivity contribution < 1.29 is 33.3 Å². The van der Waals surface area contributed by atoms with E-state index in [1.807, 2.05) is 0 Å². The van der Waals surface area contributed by atoms with Gasteiger partial charge in [-0.05, 0) is 0 Å². The first-order chi connectivity index (χ1) is 10.1. The van der Waals surface area contributed by atoms with E-state index in [2.05, 4.69) is 4.74 Å². The molecule has 21 heavy (non-hydrogen) atoms. The lowest BCUT2D eigenvalue weighted by atomic mass is 10.5. The van der Waals surface area contributed by atoms with Crippen molar-refractivity contribution in [3.8, 4) is 0 Å². The Morgan fingerprint density at radius 3 is 2.05 bits per heavy atom. The van der Waals surface area contributed by atoms with Gasteiger partial charge in [0.2, 0.25) is 0 Å². The number of hydrogen-bond donors (Lipinski definition) is 0. The van der Waals surface area contributed by atoms with E-state index in [1.165, 1.54) is 19.3 Å². The average Bonchev–Trinajstić information content (AvgIpc) is 2.80. The smallest absolute Gasteiger partial charge is 0.331 e. The molecular formula is C13H19NO7. The van der Waals surface area contributed by atoms with Crippen LogP contribution in [0.5, 0.6) is 0 Å². The lowest BCUT2D eigenvalue weighted by Crippen LogP contribution is -2.33. The molecule has 8 heteroatoms. The Balaban J connectivity index is 1.86. The summed E-state index contributed by atoms with van der Waals surface area (Å²) >= 11 is 0. The minimum Gasteiger partial charge on any atom is -0.467 e. The van der Waals surface area contributed by atoms with Crippen molar-refractivity contribution in [1.29, 1.82) is 0 Å². The van der Waals surface area contributed by atoms with Crippen LogP contribution in [0.25, 0.3) is 0 Å². The first-order valence-corrected chi connectivity index (χ1v) is 6.48. The van der Waals surface area contributed by atoms with Gasteiger partial charge in [-0.2, -0.15) is 0 Å². The molecule has 0 radical (unpaired) electrons. The lowest BCUT2D eigenvalue weighted by Gasteiger charge is -2.13. The van der Waals surface area contributed by atoms with Gasteiger partial charge in [0.05, 0.1) is 46.7 Å². The molecule has 0 aliphatic carbocycles. The van der Waals surface area contributed by atoms with Gasteiger partial charge in [0.15, 0.2) is 0 Å². The van der Waals surface area contributed by atoms with Gasteiger partial charge in [0, 0.05) is 12.2 Å². The third kappa shape index (κ3) is 6.98. The molecule has 0 spiro atoms. The van der Waals surface area contributed by atoms with Crippen molar-refractivity contribution in [2.24, 2.45) is 0 Å². The highest BCUT2D eigenvalue weighted by atomic mass is 16.6. The third-order valence-corrected chi connectivity index (χ3v) is 2.55. The average molecular weight is 301 g/mol. The summed E-state index contributed by atoms with van der Waals surface area (Å²) in [4.78, 5) is 34.2.